The van der Waals surface area contributed by atoms with E-state index in [-0.39, 0.29) is 0 Å². The third-order valence-electron chi connectivity index (χ3n) is 10.0. The van der Waals surface area contributed by atoms with Gasteiger partial charge in [-0.2, -0.15) is 0 Å². The highest BCUT2D eigenvalue weighted by atomic mass is 15.1. The molecule has 0 fully saturated rings. The van der Waals surface area contributed by atoms with Gasteiger partial charge in [-0.3, -0.25) is 0 Å². The van der Waals surface area contributed by atoms with Gasteiger partial charge < -0.3 is 10.2 Å². The van der Waals surface area contributed by atoms with Gasteiger partial charge in [0.2, 0.25) is 0 Å². The Morgan fingerprint density at radius 3 is 1.00 bits per heavy atom. The van der Waals surface area contributed by atoms with Crippen LogP contribution in [0.15, 0.2) is 224 Å². The van der Waals surface area contributed by atoms with Crippen LogP contribution in [-0.2, 0) is 0 Å². The van der Waals surface area contributed by atoms with E-state index in [1.807, 2.05) is 0 Å². The normalized spacial score (nSPS) is 10.7. The molecule has 0 heterocycles. The van der Waals surface area contributed by atoms with Crippen LogP contribution in [-0.4, -0.2) is 0 Å². The zero-order valence-corrected chi connectivity index (χ0v) is 31.8. The second-order valence-corrected chi connectivity index (χ2v) is 14.1. The molecule has 56 heavy (non-hydrogen) atoms. The Bertz CT molecular complexity index is 2710. The highest BCUT2D eigenvalue weighted by Gasteiger charge is 2.13. The third kappa shape index (κ3) is 8.62. The summed E-state index contributed by atoms with van der Waals surface area (Å²) in [5.74, 6) is 0. The van der Waals surface area contributed by atoms with E-state index >= 15 is 0 Å². The quantitative estimate of drug-likeness (QED) is 0.190. The molecule has 0 bridgehead atoms. The molecule has 0 unspecified atom stereocenters. The minimum atomic E-state index is 1.12. The van der Waals surface area contributed by atoms with Gasteiger partial charge in [-0.25, -0.2) is 0 Å². The van der Waals surface area contributed by atoms with E-state index in [2.05, 4.69) is 249 Å². The predicted molar refractivity (Wildman–Crippen MR) is 243 cm³/mol. The van der Waals surface area contributed by atoms with Crippen molar-refractivity contribution < 1.29 is 0 Å². The summed E-state index contributed by atoms with van der Waals surface area (Å²) in [5.41, 5.74) is 8.28. The van der Waals surface area contributed by atoms with Crippen LogP contribution in [0, 0.1) is 13.8 Å². The SMILES string of the molecule is Cc1ccc(N(c2ccc3ccccc3c2)c2ccc3ccccc3c2)cc1.Cc1ccc(Nc2ccc3ccccc3c2)cc1.c1ccc2ccccc2c1. The van der Waals surface area contributed by atoms with E-state index < -0.39 is 0 Å². The van der Waals surface area contributed by atoms with Crippen LogP contribution in [0.1, 0.15) is 11.1 Å². The van der Waals surface area contributed by atoms with Crippen LogP contribution in [0.5, 0.6) is 0 Å². The van der Waals surface area contributed by atoms with E-state index in [1.54, 1.807) is 0 Å². The molecule has 0 aromatic heterocycles. The summed E-state index contributed by atoms with van der Waals surface area (Å²) in [4.78, 5) is 2.33. The van der Waals surface area contributed by atoms with Gasteiger partial charge in [0.1, 0.15) is 0 Å². The molecule has 0 saturated heterocycles. The molecule has 270 valence electrons. The fourth-order valence-corrected chi connectivity index (χ4v) is 6.98. The highest BCUT2D eigenvalue weighted by molar-refractivity contribution is 5.92. The fourth-order valence-electron chi connectivity index (χ4n) is 6.98. The van der Waals surface area contributed by atoms with Gasteiger partial charge in [0.05, 0.1) is 0 Å². The topological polar surface area (TPSA) is 15.3 Å². The van der Waals surface area contributed by atoms with Crippen molar-refractivity contribution in [3.63, 3.8) is 0 Å². The molecular weight excluding hydrogens is 677 g/mol. The number of hydrogen-bond acceptors (Lipinski definition) is 2. The first kappa shape index (κ1) is 35.8. The molecule has 2 heteroatoms. The first-order valence-electron chi connectivity index (χ1n) is 19.2. The van der Waals surface area contributed by atoms with Crippen LogP contribution in [0.4, 0.5) is 28.4 Å². The Kier molecular flexibility index (Phi) is 10.8. The minimum absolute atomic E-state index is 1.12. The number of nitrogens with zero attached hydrogens (tertiary/aromatic N) is 1. The lowest BCUT2D eigenvalue weighted by atomic mass is 10.1. The lowest BCUT2D eigenvalue weighted by Gasteiger charge is -2.26. The molecule has 0 atom stereocenters. The molecule has 0 aliphatic heterocycles. The maximum atomic E-state index is 3.42. The van der Waals surface area contributed by atoms with Gasteiger partial charge >= 0.3 is 0 Å². The van der Waals surface area contributed by atoms with Crippen molar-refractivity contribution in [2.75, 3.05) is 10.2 Å². The van der Waals surface area contributed by atoms with Crippen LogP contribution in [0.3, 0.4) is 0 Å². The van der Waals surface area contributed by atoms with E-state index in [1.165, 1.54) is 54.2 Å². The summed E-state index contributed by atoms with van der Waals surface area (Å²) in [5, 5.41) is 13.6. The van der Waals surface area contributed by atoms with Crippen molar-refractivity contribution in [2.24, 2.45) is 0 Å². The number of benzene rings is 10. The summed E-state index contributed by atoms with van der Waals surface area (Å²) in [6.07, 6.45) is 0. The lowest BCUT2D eigenvalue weighted by Crippen LogP contribution is -2.09. The molecule has 1 N–H and O–H groups in total. The van der Waals surface area contributed by atoms with E-state index in [9.17, 15) is 0 Å². The lowest BCUT2D eigenvalue weighted by molar-refractivity contribution is 1.28. The van der Waals surface area contributed by atoms with Crippen molar-refractivity contribution in [3.8, 4) is 0 Å². The van der Waals surface area contributed by atoms with Gasteiger partial charge in [0, 0.05) is 28.4 Å². The highest BCUT2D eigenvalue weighted by Crippen LogP contribution is 2.37. The van der Waals surface area contributed by atoms with Crippen LogP contribution >= 0.6 is 0 Å². The summed E-state index contributed by atoms with van der Waals surface area (Å²) in [6, 6.07) is 79.1. The summed E-state index contributed by atoms with van der Waals surface area (Å²) in [7, 11) is 0. The number of rotatable bonds is 5. The van der Waals surface area contributed by atoms with E-state index in [0.717, 1.165) is 28.4 Å². The number of anilines is 5. The minimum Gasteiger partial charge on any atom is -0.356 e. The standard InChI is InChI=1S/C27H21N.C17H15N.C10H8/c1-20-10-14-25(15-11-20)28(26-16-12-21-6-2-4-8-23(21)18-26)27-17-13-22-7-3-5-9-24(22)19-27;1-13-6-9-16(10-7-13)18-17-11-8-14-4-2-3-5-15(14)12-17;1-2-6-10-8-4-3-7-9(10)5-1/h2-19H,1H3;2-12,18H,1H3;1-8H. The number of aryl methyl sites for hydroxylation is 2. The first-order chi connectivity index (χ1) is 27.6. The Morgan fingerprint density at radius 1 is 0.268 bits per heavy atom. The molecule has 0 aliphatic rings. The largest absolute Gasteiger partial charge is 0.356 e. The monoisotopic (exact) mass is 720 g/mol. The summed E-state index contributed by atoms with van der Waals surface area (Å²) < 4.78 is 0. The van der Waals surface area contributed by atoms with Crippen molar-refractivity contribution in [3.05, 3.63) is 236 Å². The van der Waals surface area contributed by atoms with E-state index in [0.29, 0.717) is 0 Å². The summed E-state index contributed by atoms with van der Waals surface area (Å²) >= 11 is 0. The van der Waals surface area contributed by atoms with Crippen LogP contribution in [0.25, 0.3) is 43.1 Å². The molecule has 10 aromatic rings. The zero-order valence-electron chi connectivity index (χ0n) is 31.8. The molecule has 0 spiro atoms. The van der Waals surface area contributed by atoms with Gasteiger partial charge in [-0.15, -0.1) is 0 Å². The number of fused-ring (bicyclic) bond motifs is 4. The molecule has 10 aromatic carbocycles. The van der Waals surface area contributed by atoms with Gasteiger partial charge in [0.15, 0.2) is 0 Å². The summed E-state index contributed by atoms with van der Waals surface area (Å²) in [6.45, 7) is 4.22. The van der Waals surface area contributed by atoms with Gasteiger partial charge in [-0.05, 0) is 118 Å². The second-order valence-electron chi connectivity index (χ2n) is 14.1. The maximum Gasteiger partial charge on any atom is 0.0468 e. The van der Waals surface area contributed by atoms with Crippen LogP contribution < -0.4 is 10.2 Å². The van der Waals surface area contributed by atoms with E-state index in [4.69, 9.17) is 0 Å². The Balaban J connectivity index is 0.000000134. The molecule has 10 rings (SSSR count). The smallest absolute Gasteiger partial charge is 0.0468 e. The third-order valence-corrected chi connectivity index (χ3v) is 10.0. The predicted octanol–water partition coefficient (Wildman–Crippen LogP) is 15.5. The zero-order chi connectivity index (χ0) is 38.1. The fraction of sp³-hybridized carbons (Fsp3) is 0.0370. The molecule has 0 radical (unpaired) electrons. The Morgan fingerprint density at radius 2 is 0.571 bits per heavy atom. The average Bonchev–Trinajstić information content (AvgIpc) is 3.26. The molecule has 0 saturated carbocycles. The van der Waals surface area contributed by atoms with Crippen molar-refractivity contribution in [2.45, 2.75) is 13.8 Å². The number of nitrogens with one attached hydrogen (secondary N) is 1. The van der Waals surface area contributed by atoms with Gasteiger partial charge in [-0.1, -0.05) is 175 Å². The van der Waals surface area contributed by atoms with Crippen molar-refractivity contribution in [1.82, 2.24) is 0 Å². The van der Waals surface area contributed by atoms with Gasteiger partial charge in [0.25, 0.3) is 0 Å². The Hall–Kier alpha value is -7.16. The molecule has 0 amide bonds. The Labute approximate surface area is 329 Å². The second kappa shape index (κ2) is 16.9. The molecule has 2 nitrogen and oxygen atoms in total. The maximum absolute atomic E-state index is 3.42. The van der Waals surface area contributed by atoms with Crippen molar-refractivity contribution in [1.29, 1.82) is 0 Å². The van der Waals surface area contributed by atoms with Crippen molar-refractivity contribution >= 4 is 71.5 Å². The average molecular weight is 721 g/mol. The van der Waals surface area contributed by atoms with Crippen LogP contribution in [0.2, 0.25) is 0 Å². The number of hydrogen-bond donors (Lipinski definition) is 1. The molecular formula is C54H44N2. The first-order valence-corrected chi connectivity index (χ1v) is 19.2. The molecule has 0 aliphatic carbocycles.